The zero-order chi connectivity index (χ0) is 12.4. The summed E-state index contributed by atoms with van der Waals surface area (Å²) in [6.07, 6.45) is 5.34. The highest BCUT2D eigenvalue weighted by molar-refractivity contribution is 6.66. The minimum absolute atomic E-state index is 0.670. The fraction of sp³-hybridized carbons (Fsp3) is 0.667. The molecule has 0 aromatic rings. The largest absolute Gasteiger partial charge is 0.398 e. The van der Waals surface area contributed by atoms with Crippen molar-refractivity contribution in [3.8, 4) is 0 Å². The molecule has 0 aliphatic carbocycles. The minimum Gasteiger partial charge on any atom is -0.398 e. The first-order valence-corrected chi connectivity index (χ1v) is 10.9. The van der Waals surface area contributed by atoms with Crippen LogP contribution < -0.4 is 0 Å². The van der Waals surface area contributed by atoms with Gasteiger partial charge in [0.15, 0.2) is 0 Å². The van der Waals surface area contributed by atoms with Crippen molar-refractivity contribution in [2.24, 2.45) is 0 Å². The van der Waals surface area contributed by atoms with Gasteiger partial charge in [-0.2, -0.15) is 0 Å². The van der Waals surface area contributed by atoms with Crippen LogP contribution in [0.5, 0.6) is 0 Å². The fourth-order valence-corrected chi connectivity index (χ4v) is 6.02. The van der Waals surface area contributed by atoms with Crippen LogP contribution in [0.3, 0.4) is 0 Å². The van der Waals surface area contributed by atoms with Gasteiger partial charge in [-0.15, -0.1) is 13.2 Å². The lowest BCUT2D eigenvalue weighted by atomic mass is 10.6. The summed E-state index contributed by atoms with van der Waals surface area (Å²) in [5.74, 6) is 0. The molecular formula is C12H26O2Si2. The minimum atomic E-state index is -1.84. The number of hydrogen-bond donors (Lipinski definition) is 0. The molecule has 2 nitrogen and oxygen atoms in total. The first kappa shape index (κ1) is 15.8. The molecule has 0 saturated carbocycles. The maximum absolute atomic E-state index is 5.48. The van der Waals surface area contributed by atoms with E-state index in [-0.39, 0.29) is 0 Å². The van der Waals surface area contributed by atoms with Crippen molar-refractivity contribution >= 4 is 17.4 Å². The van der Waals surface area contributed by atoms with Crippen LogP contribution in [-0.2, 0) is 8.85 Å². The average molecular weight is 259 g/mol. The summed E-state index contributed by atoms with van der Waals surface area (Å²) < 4.78 is 11.0. The first-order valence-electron chi connectivity index (χ1n) is 5.94. The van der Waals surface area contributed by atoms with E-state index in [1.54, 1.807) is 14.2 Å². The van der Waals surface area contributed by atoms with Gasteiger partial charge in [-0.25, -0.2) is 0 Å². The molecule has 0 aromatic heterocycles. The molecule has 0 amide bonds. The predicted molar refractivity (Wildman–Crippen MR) is 77.0 cm³/mol. The van der Waals surface area contributed by atoms with Crippen LogP contribution in [0, 0.1) is 0 Å². The summed E-state index contributed by atoms with van der Waals surface area (Å²) in [6.45, 7) is 9.79. The van der Waals surface area contributed by atoms with Crippen molar-refractivity contribution in [3.05, 3.63) is 25.3 Å². The molecule has 0 unspecified atom stereocenters. The van der Waals surface area contributed by atoms with Gasteiger partial charge in [0.2, 0.25) is 0 Å². The van der Waals surface area contributed by atoms with E-state index >= 15 is 0 Å². The van der Waals surface area contributed by atoms with E-state index in [1.807, 2.05) is 0 Å². The highest BCUT2D eigenvalue weighted by Crippen LogP contribution is 2.19. The maximum atomic E-state index is 5.48. The van der Waals surface area contributed by atoms with Gasteiger partial charge in [0.1, 0.15) is 0 Å². The molecule has 0 radical (unpaired) electrons. The third-order valence-electron chi connectivity index (χ3n) is 3.11. The van der Waals surface area contributed by atoms with Gasteiger partial charge >= 0.3 is 8.56 Å². The van der Waals surface area contributed by atoms with Crippen molar-refractivity contribution in [1.82, 2.24) is 0 Å². The molecular weight excluding hydrogens is 232 g/mol. The van der Waals surface area contributed by atoms with E-state index in [4.69, 9.17) is 8.85 Å². The normalized spacial score (nSPS) is 11.8. The third-order valence-corrected chi connectivity index (χ3v) is 9.32. The van der Waals surface area contributed by atoms with Gasteiger partial charge < -0.3 is 8.85 Å². The van der Waals surface area contributed by atoms with Crippen molar-refractivity contribution in [2.75, 3.05) is 14.2 Å². The number of allylic oxidation sites excluding steroid dienone is 2. The molecule has 0 aliphatic heterocycles. The Labute approximate surface area is 103 Å². The molecule has 0 bridgehead atoms. The summed E-state index contributed by atoms with van der Waals surface area (Å²) in [5, 5.41) is 0. The molecule has 0 atom stereocenters. The SMILES string of the molecule is C=CC[SiH](CC=C)CCC[Si](C)(OC)OC. The van der Waals surface area contributed by atoms with E-state index in [0.717, 1.165) is 6.04 Å². The second-order valence-corrected chi connectivity index (χ2v) is 11.2. The first-order chi connectivity index (χ1) is 7.61. The fourth-order valence-electron chi connectivity index (χ4n) is 1.80. The van der Waals surface area contributed by atoms with Gasteiger partial charge in [-0.05, 0) is 24.7 Å². The van der Waals surface area contributed by atoms with Crippen LogP contribution in [0.1, 0.15) is 6.42 Å². The molecule has 0 aromatic carbocycles. The molecule has 0 aliphatic rings. The van der Waals surface area contributed by atoms with Crippen LogP contribution in [0.25, 0.3) is 0 Å². The van der Waals surface area contributed by atoms with Crippen LogP contribution in [-0.4, -0.2) is 31.6 Å². The number of rotatable bonds is 10. The second-order valence-electron chi connectivity index (χ2n) is 4.35. The molecule has 0 saturated heterocycles. The molecule has 0 spiro atoms. The Kier molecular flexibility index (Phi) is 8.83. The predicted octanol–water partition coefficient (Wildman–Crippen LogP) is 3.34. The topological polar surface area (TPSA) is 18.5 Å². The lowest BCUT2D eigenvalue weighted by Gasteiger charge is -2.23. The highest BCUT2D eigenvalue weighted by Gasteiger charge is 2.28. The van der Waals surface area contributed by atoms with E-state index in [2.05, 4.69) is 31.9 Å². The van der Waals surface area contributed by atoms with E-state index in [0.29, 0.717) is 0 Å². The van der Waals surface area contributed by atoms with Crippen LogP contribution in [0.15, 0.2) is 25.3 Å². The summed E-state index contributed by atoms with van der Waals surface area (Å²) in [5.41, 5.74) is 0. The highest BCUT2D eigenvalue weighted by atomic mass is 28.4. The molecule has 16 heavy (non-hydrogen) atoms. The summed E-state index contributed by atoms with van der Waals surface area (Å²) in [6, 6.07) is 4.86. The molecule has 0 N–H and O–H groups in total. The third kappa shape index (κ3) is 6.42. The van der Waals surface area contributed by atoms with E-state index in [1.165, 1.54) is 24.6 Å². The maximum Gasteiger partial charge on any atom is 0.334 e. The number of hydrogen-bond acceptors (Lipinski definition) is 2. The molecule has 0 heterocycles. The van der Waals surface area contributed by atoms with Gasteiger partial charge in [-0.3, -0.25) is 0 Å². The quantitative estimate of drug-likeness (QED) is 0.442. The second kappa shape index (κ2) is 8.93. The van der Waals surface area contributed by atoms with E-state index < -0.39 is 17.4 Å². The van der Waals surface area contributed by atoms with E-state index in [9.17, 15) is 0 Å². The Morgan fingerprint density at radius 2 is 1.62 bits per heavy atom. The van der Waals surface area contributed by atoms with Gasteiger partial charge in [0.25, 0.3) is 0 Å². The molecule has 94 valence electrons. The lowest BCUT2D eigenvalue weighted by molar-refractivity contribution is 0.249. The Hall–Kier alpha value is -0.166. The Bertz CT molecular complexity index is 193. The van der Waals surface area contributed by atoms with Crippen molar-refractivity contribution in [1.29, 1.82) is 0 Å². The standard InChI is InChI=1S/C12H26O2Si2/c1-6-9-15(10-7-2)11-8-12-16(5,13-3)14-4/h6-7,15H,1-2,8-12H2,3-5H3. The monoisotopic (exact) mass is 258 g/mol. The van der Waals surface area contributed by atoms with Gasteiger partial charge in [0.05, 0.1) is 0 Å². The summed E-state index contributed by atoms with van der Waals surface area (Å²) >= 11 is 0. The smallest absolute Gasteiger partial charge is 0.334 e. The van der Waals surface area contributed by atoms with Gasteiger partial charge in [0, 0.05) is 23.0 Å². The Morgan fingerprint density at radius 3 is 2.00 bits per heavy atom. The van der Waals surface area contributed by atoms with Crippen molar-refractivity contribution in [2.45, 2.75) is 37.1 Å². The van der Waals surface area contributed by atoms with Crippen LogP contribution in [0.4, 0.5) is 0 Å². The summed E-state index contributed by atoms with van der Waals surface area (Å²) in [7, 11) is 1.01. The van der Waals surface area contributed by atoms with Crippen LogP contribution in [0.2, 0.25) is 30.7 Å². The zero-order valence-electron chi connectivity index (χ0n) is 11.0. The molecule has 4 heteroatoms. The van der Waals surface area contributed by atoms with Gasteiger partial charge in [-0.1, -0.05) is 24.6 Å². The molecule has 0 rings (SSSR count). The molecule has 0 fully saturated rings. The van der Waals surface area contributed by atoms with Crippen molar-refractivity contribution in [3.63, 3.8) is 0 Å². The zero-order valence-corrected chi connectivity index (χ0v) is 13.2. The Morgan fingerprint density at radius 1 is 1.12 bits per heavy atom. The summed E-state index contributed by atoms with van der Waals surface area (Å²) in [4.78, 5) is 0. The average Bonchev–Trinajstić information content (AvgIpc) is 2.29. The Balaban J connectivity index is 3.91. The lowest BCUT2D eigenvalue weighted by Crippen LogP contribution is -2.36. The van der Waals surface area contributed by atoms with Crippen molar-refractivity contribution < 1.29 is 8.85 Å². The van der Waals surface area contributed by atoms with Crippen LogP contribution >= 0.6 is 0 Å².